The van der Waals surface area contributed by atoms with E-state index < -0.39 is 0 Å². The van der Waals surface area contributed by atoms with Crippen molar-refractivity contribution in [1.82, 2.24) is 5.32 Å². The lowest BCUT2D eigenvalue weighted by Gasteiger charge is -2.13. The molecule has 0 radical (unpaired) electrons. The van der Waals surface area contributed by atoms with E-state index in [0.29, 0.717) is 5.92 Å². The number of rotatable bonds is 5. The Kier molecular flexibility index (Phi) is 4.86. The average Bonchev–Trinajstić information content (AvgIpc) is 2.25. The van der Waals surface area contributed by atoms with Crippen molar-refractivity contribution in [2.45, 2.75) is 20.4 Å². The van der Waals surface area contributed by atoms with Gasteiger partial charge in [0, 0.05) is 13.1 Å². The molecule has 0 spiro atoms. The Labute approximate surface area is 91.9 Å². The van der Waals surface area contributed by atoms with E-state index in [4.69, 9.17) is 5.26 Å². The van der Waals surface area contributed by atoms with E-state index in [-0.39, 0.29) is 5.92 Å². The summed E-state index contributed by atoms with van der Waals surface area (Å²) in [7, 11) is 0. The first kappa shape index (κ1) is 11.7. The van der Waals surface area contributed by atoms with Gasteiger partial charge in [-0.05, 0) is 11.5 Å². The molecule has 1 aromatic rings. The van der Waals surface area contributed by atoms with E-state index in [0.717, 1.165) is 13.1 Å². The summed E-state index contributed by atoms with van der Waals surface area (Å²) in [4.78, 5) is 0. The van der Waals surface area contributed by atoms with Crippen LogP contribution in [-0.2, 0) is 6.54 Å². The minimum absolute atomic E-state index is 0.105. The Bertz CT molecular complexity index is 311. The maximum absolute atomic E-state index is 8.90. The number of hydrogen-bond donors (Lipinski definition) is 1. The molecule has 15 heavy (non-hydrogen) atoms. The van der Waals surface area contributed by atoms with Crippen LogP contribution in [0.3, 0.4) is 0 Å². The molecule has 1 unspecified atom stereocenters. The zero-order valence-electron chi connectivity index (χ0n) is 9.40. The van der Waals surface area contributed by atoms with Crippen LogP contribution in [0.2, 0.25) is 0 Å². The van der Waals surface area contributed by atoms with Gasteiger partial charge >= 0.3 is 0 Å². The molecule has 1 rings (SSSR count). The topological polar surface area (TPSA) is 35.8 Å². The molecular weight excluding hydrogens is 184 g/mol. The first-order chi connectivity index (χ1) is 7.24. The molecule has 0 bridgehead atoms. The Morgan fingerprint density at radius 3 is 2.47 bits per heavy atom. The fourth-order valence-corrected chi connectivity index (χ4v) is 1.40. The van der Waals surface area contributed by atoms with Crippen molar-refractivity contribution in [2.24, 2.45) is 11.8 Å². The lowest BCUT2D eigenvalue weighted by molar-refractivity contribution is 0.442. The average molecular weight is 202 g/mol. The van der Waals surface area contributed by atoms with E-state index in [1.165, 1.54) is 5.56 Å². The van der Waals surface area contributed by atoms with Crippen molar-refractivity contribution in [3.05, 3.63) is 35.9 Å². The standard InChI is InChI=1S/C13H18N2/c1-11(2)13(8-14)10-15-9-12-6-4-3-5-7-12/h3-7,11,13,15H,9-10H2,1-2H3. The van der Waals surface area contributed by atoms with Crippen molar-refractivity contribution in [2.75, 3.05) is 6.54 Å². The Balaban J connectivity index is 2.31. The molecule has 0 aliphatic rings. The van der Waals surface area contributed by atoms with Gasteiger partial charge in [0.15, 0.2) is 0 Å². The summed E-state index contributed by atoms with van der Waals surface area (Å²) >= 11 is 0. The molecule has 0 saturated carbocycles. The van der Waals surface area contributed by atoms with Crippen LogP contribution in [0.5, 0.6) is 0 Å². The molecule has 1 N–H and O–H groups in total. The zero-order chi connectivity index (χ0) is 11.1. The highest BCUT2D eigenvalue weighted by Crippen LogP contribution is 2.08. The highest BCUT2D eigenvalue weighted by Gasteiger charge is 2.10. The first-order valence-corrected chi connectivity index (χ1v) is 5.38. The van der Waals surface area contributed by atoms with Gasteiger partial charge in [-0.25, -0.2) is 0 Å². The molecule has 80 valence electrons. The molecule has 0 saturated heterocycles. The summed E-state index contributed by atoms with van der Waals surface area (Å²) in [6.07, 6.45) is 0. The van der Waals surface area contributed by atoms with Gasteiger partial charge in [0.05, 0.1) is 12.0 Å². The molecule has 2 nitrogen and oxygen atoms in total. The molecule has 0 aromatic heterocycles. The fourth-order valence-electron chi connectivity index (χ4n) is 1.40. The number of hydrogen-bond acceptors (Lipinski definition) is 2. The van der Waals surface area contributed by atoms with Crippen LogP contribution in [-0.4, -0.2) is 6.54 Å². The summed E-state index contributed by atoms with van der Waals surface area (Å²) < 4.78 is 0. The molecule has 0 fully saturated rings. The number of nitrogens with zero attached hydrogens (tertiary/aromatic N) is 1. The fraction of sp³-hybridized carbons (Fsp3) is 0.462. The summed E-state index contributed by atoms with van der Waals surface area (Å²) in [6, 6.07) is 12.6. The molecule has 2 heteroatoms. The highest BCUT2D eigenvalue weighted by atomic mass is 14.9. The van der Waals surface area contributed by atoms with E-state index in [2.05, 4.69) is 37.4 Å². The third-order valence-electron chi connectivity index (χ3n) is 2.51. The van der Waals surface area contributed by atoms with Crippen LogP contribution in [0.25, 0.3) is 0 Å². The maximum atomic E-state index is 8.90. The van der Waals surface area contributed by atoms with Gasteiger partial charge in [0.2, 0.25) is 0 Å². The predicted octanol–water partition coefficient (Wildman–Crippen LogP) is 2.57. The van der Waals surface area contributed by atoms with E-state index in [1.807, 2.05) is 18.2 Å². The van der Waals surface area contributed by atoms with Crippen LogP contribution in [0.15, 0.2) is 30.3 Å². The third kappa shape index (κ3) is 4.14. The normalized spacial score (nSPS) is 12.4. The van der Waals surface area contributed by atoms with Gasteiger partial charge in [-0.3, -0.25) is 0 Å². The molecule has 1 atom stereocenters. The van der Waals surface area contributed by atoms with Crippen LogP contribution < -0.4 is 5.32 Å². The van der Waals surface area contributed by atoms with Crippen molar-refractivity contribution in [3.8, 4) is 6.07 Å². The summed E-state index contributed by atoms with van der Waals surface area (Å²) in [5, 5.41) is 12.2. The van der Waals surface area contributed by atoms with Crippen molar-refractivity contribution in [3.63, 3.8) is 0 Å². The number of nitriles is 1. The second-order valence-electron chi connectivity index (χ2n) is 4.10. The second-order valence-corrected chi connectivity index (χ2v) is 4.10. The van der Waals surface area contributed by atoms with Crippen LogP contribution >= 0.6 is 0 Å². The van der Waals surface area contributed by atoms with Gasteiger partial charge in [-0.15, -0.1) is 0 Å². The van der Waals surface area contributed by atoms with Gasteiger partial charge in [-0.1, -0.05) is 44.2 Å². The molecule has 0 amide bonds. The Morgan fingerprint density at radius 2 is 1.93 bits per heavy atom. The summed E-state index contributed by atoms with van der Waals surface area (Å²) in [5.74, 6) is 0.520. The smallest absolute Gasteiger partial charge is 0.0671 e. The Hall–Kier alpha value is -1.33. The van der Waals surface area contributed by atoms with Crippen molar-refractivity contribution < 1.29 is 0 Å². The van der Waals surface area contributed by atoms with E-state index in [9.17, 15) is 0 Å². The van der Waals surface area contributed by atoms with Crippen LogP contribution in [0.4, 0.5) is 0 Å². The molecule has 0 aliphatic heterocycles. The molecular formula is C13H18N2. The van der Waals surface area contributed by atoms with Crippen molar-refractivity contribution >= 4 is 0 Å². The van der Waals surface area contributed by atoms with Gasteiger partial charge in [0.25, 0.3) is 0 Å². The van der Waals surface area contributed by atoms with Gasteiger partial charge in [-0.2, -0.15) is 5.26 Å². The number of benzene rings is 1. The molecule has 0 aliphatic carbocycles. The van der Waals surface area contributed by atoms with Crippen molar-refractivity contribution in [1.29, 1.82) is 5.26 Å². The van der Waals surface area contributed by atoms with E-state index >= 15 is 0 Å². The SMILES string of the molecule is CC(C)C(C#N)CNCc1ccccc1. The summed E-state index contributed by atoms with van der Waals surface area (Å²) in [5.41, 5.74) is 1.26. The second kappa shape index (κ2) is 6.21. The molecule has 0 heterocycles. The van der Waals surface area contributed by atoms with Crippen LogP contribution in [0.1, 0.15) is 19.4 Å². The minimum Gasteiger partial charge on any atom is -0.311 e. The first-order valence-electron chi connectivity index (χ1n) is 5.38. The zero-order valence-corrected chi connectivity index (χ0v) is 9.40. The van der Waals surface area contributed by atoms with Gasteiger partial charge < -0.3 is 5.32 Å². The minimum atomic E-state index is 0.105. The maximum Gasteiger partial charge on any atom is 0.0671 e. The third-order valence-corrected chi connectivity index (χ3v) is 2.51. The van der Waals surface area contributed by atoms with Crippen LogP contribution in [0, 0.1) is 23.2 Å². The monoisotopic (exact) mass is 202 g/mol. The van der Waals surface area contributed by atoms with Gasteiger partial charge in [0.1, 0.15) is 0 Å². The lowest BCUT2D eigenvalue weighted by Crippen LogP contribution is -2.24. The number of nitrogens with one attached hydrogen (secondary N) is 1. The summed E-state index contributed by atoms with van der Waals surface area (Å²) in [6.45, 7) is 5.77. The lowest BCUT2D eigenvalue weighted by atomic mass is 9.97. The quantitative estimate of drug-likeness (QED) is 0.796. The van der Waals surface area contributed by atoms with E-state index in [1.54, 1.807) is 0 Å². The predicted molar refractivity (Wildman–Crippen MR) is 62.1 cm³/mol. The largest absolute Gasteiger partial charge is 0.311 e. The Morgan fingerprint density at radius 1 is 1.27 bits per heavy atom. The highest BCUT2D eigenvalue weighted by molar-refractivity contribution is 5.14. The molecule has 1 aromatic carbocycles.